The first kappa shape index (κ1) is 35.0. The third kappa shape index (κ3) is 8.10. The van der Waals surface area contributed by atoms with E-state index in [0.29, 0.717) is 37.8 Å². The van der Waals surface area contributed by atoms with Crippen LogP contribution in [0.4, 0.5) is 13.2 Å². The summed E-state index contributed by atoms with van der Waals surface area (Å²) in [5.41, 5.74) is 7.13. The molecule has 46 heavy (non-hydrogen) atoms. The summed E-state index contributed by atoms with van der Waals surface area (Å²) < 4.78 is 31.7. The van der Waals surface area contributed by atoms with E-state index in [-0.39, 0.29) is 17.7 Å². The van der Waals surface area contributed by atoms with Crippen LogP contribution in [0.5, 0.6) is 0 Å². The number of aliphatic carboxylic acids is 1. The van der Waals surface area contributed by atoms with E-state index in [2.05, 4.69) is 60.1 Å². The second-order valence-corrected chi connectivity index (χ2v) is 12.3. The van der Waals surface area contributed by atoms with Gasteiger partial charge in [-0.2, -0.15) is 13.2 Å². The van der Waals surface area contributed by atoms with Gasteiger partial charge in [-0.25, -0.2) is 4.79 Å². The predicted octanol–water partition coefficient (Wildman–Crippen LogP) is 6.52. The summed E-state index contributed by atoms with van der Waals surface area (Å²) in [5, 5.41) is 8.26. The van der Waals surface area contributed by atoms with E-state index in [1.54, 1.807) is 0 Å². The van der Waals surface area contributed by atoms with Gasteiger partial charge in [-0.05, 0) is 95.1 Å². The fraction of sp³-hybridized carbons (Fsp3) is 0.514. The van der Waals surface area contributed by atoms with Crippen molar-refractivity contribution in [1.29, 1.82) is 0 Å². The van der Waals surface area contributed by atoms with Gasteiger partial charge in [-0.15, -0.1) is 0 Å². The van der Waals surface area contributed by atoms with Crippen LogP contribution in [-0.4, -0.2) is 88.0 Å². The number of aromatic amines is 1. The molecular weight excluding hydrogens is 597 g/mol. The average molecular weight is 643 g/mol. The van der Waals surface area contributed by atoms with Crippen LogP contribution >= 0.6 is 0 Å². The quantitative estimate of drug-likeness (QED) is 0.306. The van der Waals surface area contributed by atoms with Gasteiger partial charge in [0.05, 0.1) is 5.92 Å². The number of carboxylic acid groups (broad SMARTS) is 1. The maximum atomic E-state index is 14.0. The van der Waals surface area contributed by atoms with E-state index in [9.17, 15) is 22.8 Å². The summed E-state index contributed by atoms with van der Waals surface area (Å²) in [6.07, 6.45) is -1.09. The molecule has 0 spiro atoms. The molecule has 1 atom stereocenters. The molecule has 2 aromatic carbocycles. The van der Waals surface area contributed by atoms with E-state index in [1.807, 2.05) is 29.7 Å². The number of amides is 2. The van der Waals surface area contributed by atoms with E-state index >= 15 is 0 Å². The zero-order valence-corrected chi connectivity index (χ0v) is 27.1. The number of rotatable bonds is 7. The Morgan fingerprint density at radius 2 is 1.54 bits per heavy atom. The van der Waals surface area contributed by atoms with Crippen molar-refractivity contribution in [1.82, 2.24) is 19.7 Å². The molecule has 2 aliphatic rings. The van der Waals surface area contributed by atoms with E-state index in [0.717, 1.165) is 61.8 Å². The third-order valence-electron chi connectivity index (χ3n) is 9.32. The minimum Gasteiger partial charge on any atom is -0.475 e. The van der Waals surface area contributed by atoms with Crippen LogP contribution in [0.15, 0.2) is 42.5 Å². The third-order valence-corrected chi connectivity index (χ3v) is 9.32. The summed E-state index contributed by atoms with van der Waals surface area (Å²) >= 11 is 0. The topological polar surface area (TPSA) is 97.0 Å². The van der Waals surface area contributed by atoms with Gasteiger partial charge in [0.15, 0.2) is 0 Å². The molecule has 2 saturated heterocycles. The second-order valence-electron chi connectivity index (χ2n) is 12.3. The van der Waals surface area contributed by atoms with Gasteiger partial charge < -0.3 is 19.9 Å². The Kier molecular flexibility index (Phi) is 11.5. The van der Waals surface area contributed by atoms with E-state index in [4.69, 9.17) is 9.90 Å². The van der Waals surface area contributed by atoms with Crippen LogP contribution in [0.25, 0.3) is 10.9 Å². The summed E-state index contributed by atoms with van der Waals surface area (Å²) in [7, 11) is 0. The predicted molar refractivity (Wildman–Crippen MR) is 172 cm³/mol. The molecule has 3 heterocycles. The number of para-hydroxylation sites is 1. The first-order chi connectivity index (χ1) is 21.8. The molecule has 2 amide bonds. The summed E-state index contributed by atoms with van der Waals surface area (Å²) in [6, 6.07) is 14.9. The van der Waals surface area contributed by atoms with Crippen molar-refractivity contribution in [3.63, 3.8) is 0 Å². The molecule has 250 valence electrons. The van der Waals surface area contributed by atoms with Gasteiger partial charge in [0.25, 0.3) is 5.91 Å². The number of hydrogen-bond donors (Lipinski definition) is 2. The number of likely N-dealkylation sites (tertiary alicyclic amines) is 2. The number of benzene rings is 2. The molecule has 2 aliphatic heterocycles. The van der Waals surface area contributed by atoms with E-state index < -0.39 is 12.1 Å². The largest absolute Gasteiger partial charge is 0.490 e. The number of piperidine rings is 2. The molecule has 0 radical (unpaired) electrons. The van der Waals surface area contributed by atoms with Crippen molar-refractivity contribution in [2.24, 2.45) is 5.92 Å². The lowest BCUT2D eigenvalue weighted by atomic mass is 9.84. The lowest BCUT2D eigenvalue weighted by Gasteiger charge is -2.35. The molecule has 11 heteroatoms. The molecule has 0 saturated carbocycles. The number of carbonyl (C=O) groups excluding carboxylic acids is 2. The second kappa shape index (κ2) is 15.2. The number of fused-ring (bicyclic) bond motifs is 1. The number of nitrogens with zero attached hydrogens (tertiary/aromatic N) is 3. The molecule has 2 fully saturated rings. The number of aromatic nitrogens is 1. The Morgan fingerprint density at radius 3 is 2.13 bits per heavy atom. The lowest BCUT2D eigenvalue weighted by Crippen LogP contribution is -2.47. The van der Waals surface area contributed by atoms with Crippen LogP contribution < -0.4 is 0 Å². The maximum absolute atomic E-state index is 14.0. The van der Waals surface area contributed by atoms with Crippen LogP contribution in [0, 0.1) is 19.8 Å². The molecule has 1 unspecified atom stereocenters. The highest BCUT2D eigenvalue weighted by atomic mass is 19.4. The van der Waals surface area contributed by atoms with Crippen molar-refractivity contribution in [2.45, 2.75) is 72.0 Å². The summed E-state index contributed by atoms with van der Waals surface area (Å²) in [6.45, 7) is 14.0. The molecule has 2 N–H and O–H groups in total. The average Bonchev–Trinajstić information content (AvgIpc) is 3.40. The summed E-state index contributed by atoms with van der Waals surface area (Å²) in [4.78, 5) is 45.7. The molecule has 8 nitrogen and oxygen atoms in total. The Balaban J connectivity index is 0.000000617. The number of halogens is 3. The summed E-state index contributed by atoms with van der Waals surface area (Å²) in [5.74, 6) is -2.06. The molecule has 3 aromatic rings. The SMILES string of the molecule is CCN(CC)C(=O)C1CCCN(C(=O)c2[nH]c3ccccc3c2CN2CCC(c3c(C)cccc3C)CC2)C1.O=C(O)C(F)(F)F. The van der Waals surface area contributed by atoms with Gasteiger partial charge in [0.2, 0.25) is 5.91 Å². The number of nitrogens with one attached hydrogen (secondary N) is 1. The molecule has 5 rings (SSSR count). The Labute approximate surface area is 268 Å². The zero-order valence-electron chi connectivity index (χ0n) is 27.1. The molecular formula is C35H45F3N4O4. The van der Waals surface area contributed by atoms with Crippen molar-refractivity contribution in [2.75, 3.05) is 39.3 Å². The van der Waals surface area contributed by atoms with Gasteiger partial charge in [0, 0.05) is 49.2 Å². The minimum absolute atomic E-state index is 0.0312. The first-order valence-corrected chi connectivity index (χ1v) is 16.1. The van der Waals surface area contributed by atoms with Crippen molar-refractivity contribution in [3.05, 3.63) is 70.4 Å². The monoisotopic (exact) mass is 642 g/mol. The standard InChI is InChI=1S/C33H44N4O2.C2HF3O2/c1-5-36(6-2)32(38)26-13-10-18-37(21-26)33(39)31-28(27-14-7-8-15-29(27)34-31)22-35-19-16-25(17-20-35)30-23(3)11-9-12-24(30)4;3-2(4,5)1(6)7/h7-9,11-12,14-15,25-26,34H,5-6,10,13,16-22H2,1-4H3;(H,6,7). The maximum Gasteiger partial charge on any atom is 0.490 e. The highest BCUT2D eigenvalue weighted by molar-refractivity contribution is 6.01. The Morgan fingerprint density at radius 1 is 0.935 bits per heavy atom. The molecule has 1 aromatic heterocycles. The highest BCUT2D eigenvalue weighted by Gasteiger charge is 2.38. The van der Waals surface area contributed by atoms with Crippen molar-refractivity contribution < 1.29 is 32.7 Å². The van der Waals surface area contributed by atoms with Crippen LogP contribution in [0.3, 0.4) is 0 Å². The van der Waals surface area contributed by atoms with Crippen LogP contribution in [0.2, 0.25) is 0 Å². The Bertz CT molecular complexity index is 1500. The number of alkyl halides is 3. The van der Waals surface area contributed by atoms with Gasteiger partial charge in [-0.1, -0.05) is 36.4 Å². The van der Waals surface area contributed by atoms with Crippen molar-refractivity contribution >= 4 is 28.7 Å². The number of hydrogen-bond acceptors (Lipinski definition) is 4. The fourth-order valence-corrected chi connectivity index (χ4v) is 6.94. The first-order valence-electron chi connectivity index (χ1n) is 16.1. The normalized spacial score (nSPS) is 17.8. The molecule has 0 bridgehead atoms. The number of aryl methyl sites for hydroxylation is 2. The van der Waals surface area contributed by atoms with Crippen LogP contribution in [-0.2, 0) is 16.1 Å². The minimum atomic E-state index is -5.08. The zero-order chi connectivity index (χ0) is 33.6. The Hall–Kier alpha value is -3.86. The number of H-pyrrole nitrogens is 1. The van der Waals surface area contributed by atoms with Gasteiger partial charge in [0.1, 0.15) is 5.69 Å². The lowest BCUT2D eigenvalue weighted by molar-refractivity contribution is -0.192. The highest BCUT2D eigenvalue weighted by Crippen LogP contribution is 2.34. The number of carboxylic acids is 1. The smallest absolute Gasteiger partial charge is 0.475 e. The van der Waals surface area contributed by atoms with E-state index in [1.165, 1.54) is 16.7 Å². The number of carbonyl (C=O) groups is 3. The van der Waals surface area contributed by atoms with Gasteiger partial charge >= 0.3 is 12.1 Å². The fourth-order valence-electron chi connectivity index (χ4n) is 6.94. The van der Waals surface area contributed by atoms with Gasteiger partial charge in [-0.3, -0.25) is 14.5 Å². The van der Waals surface area contributed by atoms with Crippen LogP contribution in [0.1, 0.15) is 78.2 Å². The molecule has 0 aliphatic carbocycles. The van der Waals surface area contributed by atoms with Crippen molar-refractivity contribution in [3.8, 4) is 0 Å².